The number of aryl methyl sites for hydroxylation is 1. The van der Waals surface area contributed by atoms with Gasteiger partial charge in [0.15, 0.2) is 0 Å². The van der Waals surface area contributed by atoms with Gasteiger partial charge in [-0.3, -0.25) is 0 Å². The second-order valence-corrected chi connectivity index (χ2v) is 6.92. The summed E-state index contributed by atoms with van der Waals surface area (Å²) in [6, 6.07) is 6.60. The van der Waals surface area contributed by atoms with Crippen LogP contribution in [-0.4, -0.2) is 18.3 Å². The Morgan fingerprint density at radius 1 is 0.947 bits per heavy atom. The summed E-state index contributed by atoms with van der Waals surface area (Å²) in [5.41, 5.74) is 3.17. The molecule has 1 fully saturated rings. The van der Waals surface area contributed by atoms with Crippen molar-refractivity contribution in [1.82, 2.24) is 0 Å². The first-order valence-electron chi connectivity index (χ1n) is 7.09. The first-order valence-corrected chi connectivity index (χ1v) is 7.09. The minimum atomic E-state index is -0.278. The van der Waals surface area contributed by atoms with Crippen LogP contribution in [0.5, 0.6) is 0 Å². The Bertz CT molecular complexity index is 462. The molecule has 0 amide bonds. The normalized spacial score (nSPS) is 21.2. The Kier molecular flexibility index (Phi) is 3.57. The van der Waals surface area contributed by atoms with E-state index in [-0.39, 0.29) is 18.3 Å². The summed E-state index contributed by atoms with van der Waals surface area (Å²) >= 11 is 0. The van der Waals surface area contributed by atoms with Crippen LogP contribution < -0.4 is 5.46 Å². The van der Waals surface area contributed by atoms with Crippen molar-refractivity contribution in [3.63, 3.8) is 0 Å². The molecular formula is C16H25BO2. The first-order chi connectivity index (χ1) is 8.62. The Balaban J connectivity index is 2.34. The zero-order valence-electron chi connectivity index (χ0n) is 13.2. The van der Waals surface area contributed by atoms with E-state index in [2.05, 4.69) is 66.7 Å². The molecular weight excluding hydrogens is 235 g/mol. The molecule has 0 radical (unpaired) electrons. The van der Waals surface area contributed by atoms with Crippen molar-refractivity contribution in [3.8, 4) is 0 Å². The highest BCUT2D eigenvalue weighted by atomic mass is 16.7. The summed E-state index contributed by atoms with van der Waals surface area (Å²) in [4.78, 5) is 0. The highest BCUT2D eigenvalue weighted by molar-refractivity contribution is 6.62. The second kappa shape index (κ2) is 4.64. The zero-order valence-corrected chi connectivity index (χ0v) is 13.2. The molecule has 0 bridgehead atoms. The molecule has 1 heterocycles. The van der Waals surface area contributed by atoms with Crippen LogP contribution in [0.15, 0.2) is 18.2 Å². The van der Waals surface area contributed by atoms with Gasteiger partial charge in [0.2, 0.25) is 0 Å². The smallest absolute Gasteiger partial charge is 0.399 e. The molecule has 1 aliphatic rings. The average molecular weight is 260 g/mol. The highest BCUT2D eigenvalue weighted by Crippen LogP contribution is 2.36. The van der Waals surface area contributed by atoms with Gasteiger partial charge in [0.05, 0.1) is 11.2 Å². The third kappa shape index (κ3) is 2.73. The number of hydrogen-bond donors (Lipinski definition) is 0. The molecule has 2 rings (SSSR count). The van der Waals surface area contributed by atoms with Gasteiger partial charge < -0.3 is 9.31 Å². The predicted molar refractivity (Wildman–Crippen MR) is 81.0 cm³/mol. The van der Waals surface area contributed by atoms with E-state index in [9.17, 15) is 0 Å². The molecule has 1 aromatic carbocycles. The van der Waals surface area contributed by atoms with Crippen LogP contribution >= 0.6 is 0 Å². The standard InChI is InChI=1S/C16H25BO2/c1-11(2)13-8-12(3)9-14(10-13)17-18-15(4,5)16(6,7)19-17/h8-11H,1-7H3. The fourth-order valence-corrected chi connectivity index (χ4v) is 2.29. The van der Waals surface area contributed by atoms with E-state index in [0.29, 0.717) is 5.92 Å². The van der Waals surface area contributed by atoms with E-state index in [1.165, 1.54) is 11.1 Å². The largest absolute Gasteiger partial charge is 0.494 e. The monoisotopic (exact) mass is 260 g/mol. The molecule has 0 aliphatic carbocycles. The molecule has 1 aliphatic heterocycles. The lowest BCUT2D eigenvalue weighted by molar-refractivity contribution is 0.00578. The second-order valence-electron chi connectivity index (χ2n) is 6.92. The van der Waals surface area contributed by atoms with Crippen LogP contribution in [0.1, 0.15) is 58.6 Å². The fourth-order valence-electron chi connectivity index (χ4n) is 2.29. The fraction of sp³-hybridized carbons (Fsp3) is 0.625. The van der Waals surface area contributed by atoms with Crippen LogP contribution in [0, 0.1) is 6.92 Å². The molecule has 0 unspecified atom stereocenters. The average Bonchev–Trinajstić information content (AvgIpc) is 2.47. The molecule has 0 atom stereocenters. The molecule has 1 aromatic rings. The zero-order chi connectivity index (χ0) is 14.4. The maximum Gasteiger partial charge on any atom is 0.494 e. The van der Waals surface area contributed by atoms with Crippen LogP contribution in [0.25, 0.3) is 0 Å². The summed E-state index contributed by atoms with van der Waals surface area (Å²) in [5.74, 6) is 0.515. The van der Waals surface area contributed by atoms with Crippen LogP contribution in [0.3, 0.4) is 0 Å². The third-order valence-electron chi connectivity index (χ3n) is 4.31. The maximum atomic E-state index is 6.12. The van der Waals surface area contributed by atoms with Crippen molar-refractivity contribution in [2.75, 3.05) is 0 Å². The molecule has 1 saturated heterocycles. The van der Waals surface area contributed by atoms with Crippen molar-refractivity contribution < 1.29 is 9.31 Å². The van der Waals surface area contributed by atoms with Crippen LogP contribution in [0.2, 0.25) is 0 Å². The SMILES string of the molecule is Cc1cc(B2OC(C)(C)C(C)(C)O2)cc(C(C)C)c1. The van der Waals surface area contributed by atoms with Crippen molar-refractivity contribution >= 4 is 12.6 Å². The number of rotatable bonds is 2. The van der Waals surface area contributed by atoms with Crippen LogP contribution in [0.4, 0.5) is 0 Å². The van der Waals surface area contributed by atoms with Crippen molar-refractivity contribution in [1.29, 1.82) is 0 Å². The van der Waals surface area contributed by atoms with Gasteiger partial charge in [-0.15, -0.1) is 0 Å². The lowest BCUT2D eigenvalue weighted by Crippen LogP contribution is -2.41. The van der Waals surface area contributed by atoms with Gasteiger partial charge in [0.1, 0.15) is 0 Å². The summed E-state index contributed by atoms with van der Waals surface area (Å²) in [6.45, 7) is 14.9. The van der Waals surface area contributed by atoms with Crippen molar-refractivity contribution in [3.05, 3.63) is 29.3 Å². The number of hydrogen-bond acceptors (Lipinski definition) is 2. The van der Waals surface area contributed by atoms with Gasteiger partial charge in [-0.05, 0) is 51.6 Å². The quantitative estimate of drug-likeness (QED) is 0.758. The first kappa shape index (κ1) is 14.6. The van der Waals surface area contributed by atoms with Gasteiger partial charge in [-0.2, -0.15) is 0 Å². The molecule has 2 nitrogen and oxygen atoms in total. The lowest BCUT2D eigenvalue weighted by atomic mass is 9.76. The summed E-state index contributed by atoms with van der Waals surface area (Å²) in [6.07, 6.45) is 0. The van der Waals surface area contributed by atoms with E-state index in [1.807, 2.05) is 0 Å². The Morgan fingerprint density at radius 2 is 1.47 bits per heavy atom. The van der Waals surface area contributed by atoms with Crippen LogP contribution in [-0.2, 0) is 9.31 Å². The molecule has 0 spiro atoms. The van der Waals surface area contributed by atoms with Crippen molar-refractivity contribution in [2.24, 2.45) is 0 Å². The summed E-state index contributed by atoms with van der Waals surface area (Å²) in [7, 11) is -0.262. The van der Waals surface area contributed by atoms with Gasteiger partial charge in [0.25, 0.3) is 0 Å². The van der Waals surface area contributed by atoms with E-state index < -0.39 is 0 Å². The Morgan fingerprint density at radius 3 is 1.95 bits per heavy atom. The van der Waals surface area contributed by atoms with Crippen molar-refractivity contribution in [2.45, 2.75) is 65.6 Å². The number of benzene rings is 1. The van der Waals surface area contributed by atoms with Gasteiger partial charge in [-0.1, -0.05) is 37.6 Å². The maximum absolute atomic E-state index is 6.12. The topological polar surface area (TPSA) is 18.5 Å². The molecule has 104 valence electrons. The predicted octanol–water partition coefficient (Wildman–Crippen LogP) is 3.42. The summed E-state index contributed by atoms with van der Waals surface area (Å²) in [5, 5.41) is 0. The molecule has 19 heavy (non-hydrogen) atoms. The van der Waals surface area contributed by atoms with Gasteiger partial charge in [0, 0.05) is 0 Å². The van der Waals surface area contributed by atoms with E-state index in [4.69, 9.17) is 9.31 Å². The summed E-state index contributed by atoms with van der Waals surface area (Å²) < 4.78 is 12.2. The minimum Gasteiger partial charge on any atom is -0.399 e. The Labute approximate surface area is 117 Å². The minimum absolute atomic E-state index is 0.262. The lowest BCUT2D eigenvalue weighted by Gasteiger charge is -2.32. The molecule has 3 heteroatoms. The highest BCUT2D eigenvalue weighted by Gasteiger charge is 2.51. The molecule has 0 aromatic heterocycles. The van der Waals surface area contributed by atoms with E-state index in [0.717, 1.165) is 5.46 Å². The van der Waals surface area contributed by atoms with E-state index in [1.54, 1.807) is 0 Å². The third-order valence-corrected chi connectivity index (χ3v) is 4.31. The van der Waals surface area contributed by atoms with Gasteiger partial charge >= 0.3 is 7.12 Å². The van der Waals surface area contributed by atoms with E-state index >= 15 is 0 Å². The molecule has 0 saturated carbocycles. The molecule has 0 N–H and O–H groups in total. The Hall–Kier alpha value is -0.795. The van der Waals surface area contributed by atoms with Gasteiger partial charge in [-0.25, -0.2) is 0 Å².